The smallest absolute Gasteiger partial charge is 0.370 e. The van der Waals surface area contributed by atoms with Crippen molar-refractivity contribution in [1.29, 1.82) is 0 Å². The summed E-state index contributed by atoms with van der Waals surface area (Å²) in [6.45, 7) is 3.24. The molecule has 2 aliphatic heterocycles. The molecule has 2 heterocycles. The maximum Gasteiger partial charge on any atom is 0.459 e. The van der Waals surface area contributed by atoms with E-state index in [1.165, 1.54) is 16.4 Å². The zero-order valence-corrected chi connectivity index (χ0v) is 21.5. The molecule has 202 valence electrons. The first-order valence-corrected chi connectivity index (χ1v) is 13.7. The molecule has 13 heteroatoms. The summed E-state index contributed by atoms with van der Waals surface area (Å²) in [5, 5.41) is 5.01. The van der Waals surface area contributed by atoms with Crippen molar-refractivity contribution in [3.63, 3.8) is 0 Å². The van der Waals surface area contributed by atoms with Crippen LogP contribution in [-0.4, -0.2) is 62.5 Å². The molecule has 2 aliphatic rings. The Hall–Kier alpha value is -2.44. The van der Waals surface area contributed by atoms with Crippen LogP contribution in [0.3, 0.4) is 0 Å². The van der Waals surface area contributed by atoms with Crippen LogP contribution in [0.4, 0.5) is 33.3 Å². The van der Waals surface area contributed by atoms with E-state index < -0.39 is 40.3 Å². The number of anilines is 2. The van der Waals surface area contributed by atoms with Gasteiger partial charge in [-0.05, 0) is 43.2 Å². The summed E-state index contributed by atoms with van der Waals surface area (Å²) in [5.41, 5.74) is 0.119. The molecule has 2 aromatic carbocycles. The first-order valence-electron chi connectivity index (χ1n) is 11.7. The molecular formula is C24H26ClF5N4O2S. The number of hydrogen-bond donors (Lipinski definition) is 0. The lowest BCUT2D eigenvalue weighted by Gasteiger charge is -2.27. The molecular weight excluding hydrogens is 539 g/mol. The van der Waals surface area contributed by atoms with Crippen LogP contribution in [0.5, 0.6) is 0 Å². The van der Waals surface area contributed by atoms with Gasteiger partial charge in [0.2, 0.25) is 10.0 Å². The van der Waals surface area contributed by atoms with E-state index in [-0.39, 0.29) is 16.5 Å². The van der Waals surface area contributed by atoms with E-state index in [2.05, 4.69) is 5.10 Å². The van der Waals surface area contributed by atoms with Crippen molar-refractivity contribution in [1.82, 2.24) is 4.31 Å². The molecule has 2 aromatic rings. The quantitative estimate of drug-likeness (QED) is 0.422. The van der Waals surface area contributed by atoms with Gasteiger partial charge in [-0.1, -0.05) is 35.9 Å². The molecule has 0 amide bonds. The Morgan fingerprint density at radius 1 is 1.00 bits per heavy atom. The van der Waals surface area contributed by atoms with Crippen molar-refractivity contribution in [2.24, 2.45) is 5.10 Å². The van der Waals surface area contributed by atoms with E-state index >= 15 is 0 Å². The van der Waals surface area contributed by atoms with E-state index in [4.69, 9.17) is 11.6 Å². The van der Waals surface area contributed by atoms with E-state index in [1.807, 2.05) is 4.90 Å². The zero-order valence-electron chi connectivity index (χ0n) is 19.9. The molecule has 0 N–H and O–H groups in total. The van der Waals surface area contributed by atoms with Gasteiger partial charge in [0.15, 0.2) is 0 Å². The van der Waals surface area contributed by atoms with E-state index in [0.717, 1.165) is 5.01 Å². The van der Waals surface area contributed by atoms with Crippen molar-refractivity contribution in [2.75, 3.05) is 41.8 Å². The van der Waals surface area contributed by atoms with Crippen LogP contribution in [-0.2, 0) is 10.0 Å². The first kappa shape index (κ1) is 27.6. The first-order chi connectivity index (χ1) is 17.3. The molecule has 6 nitrogen and oxygen atoms in total. The number of benzene rings is 2. The maximum absolute atomic E-state index is 14.3. The Labute approximate surface area is 217 Å². The number of rotatable bonds is 6. The van der Waals surface area contributed by atoms with Gasteiger partial charge >= 0.3 is 12.1 Å². The number of sulfonamides is 1. The summed E-state index contributed by atoms with van der Waals surface area (Å²) < 4.78 is 94.2. The summed E-state index contributed by atoms with van der Waals surface area (Å²) >= 11 is 6.26. The van der Waals surface area contributed by atoms with Gasteiger partial charge in [-0.25, -0.2) is 12.7 Å². The van der Waals surface area contributed by atoms with Gasteiger partial charge in [0.1, 0.15) is 5.71 Å². The lowest BCUT2D eigenvalue weighted by molar-refractivity contribution is -0.249. The number of hydrazone groups is 1. The molecule has 0 bridgehead atoms. The third-order valence-electron chi connectivity index (χ3n) is 6.56. The number of hydrogen-bond acceptors (Lipinski definition) is 5. The van der Waals surface area contributed by atoms with Gasteiger partial charge in [-0.2, -0.15) is 27.1 Å². The molecule has 4 rings (SSSR count). The normalized spacial score (nSPS) is 20.2. The summed E-state index contributed by atoms with van der Waals surface area (Å²) in [4.78, 5) is 1.98. The second-order valence-electron chi connectivity index (χ2n) is 8.87. The van der Waals surface area contributed by atoms with Crippen LogP contribution in [0.2, 0.25) is 5.02 Å². The van der Waals surface area contributed by atoms with Gasteiger partial charge < -0.3 is 4.90 Å². The van der Waals surface area contributed by atoms with Gasteiger partial charge in [-0.3, -0.25) is 5.01 Å². The summed E-state index contributed by atoms with van der Waals surface area (Å²) in [7, 11) is -3.34. The molecule has 0 aromatic heterocycles. The molecule has 37 heavy (non-hydrogen) atoms. The second-order valence-corrected chi connectivity index (χ2v) is 11.5. The van der Waals surface area contributed by atoms with Gasteiger partial charge in [-0.15, -0.1) is 0 Å². The SMILES string of the molecule is CCS(=O)(=O)N1CCCN(c2cccc(C3CC(C(F)(F)C(F)(F)F)=NN3c3ccccc3Cl)c2)CC1. The highest BCUT2D eigenvalue weighted by Gasteiger charge is 2.63. The monoisotopic (exact) mass is 564 g/mol. The minimum atomic E-state index is -5.79. The summed E-state index contributed by atoms with van der Waals surface area (Å²) in [6, 6.07) is 12.1. The van der Waals surface area contributed by atoms with Crippen molar-refractivity contribution in [3.05, 3.63) is 59.1 Å². The van der Waals surface area contributed by atoms with E-state index in [9.17, 15) is 30.4 Å². The van der Waals surface area contributed by atoms with Crippen molar-refractivity contribution < 1.29 is 30.4 Å². The van der Waals surface area contributed by atoms with Crippen LogP contribution in [0, 0.1) is 0 Å². The highest BCUT2D eigenvalue weighted by molar-refractivity contribution is 7.89. The van der Waals surface area contributed by atoms with Crippen molar-refractivity contribution in [3.8, 4) is 0 Å². The molecule has 0 spiro atoms. The molecule has 1 unspecified atom stereocenters. The Bertz CT molecular complexity index is 1270. The minimum Gasteiger partial charge on any atom is -0.370 e. The highest BCUT2D eigenvalue weighted by Crippen LogP contribution is 2.46. The number of para-hydroxylation sites is 1. The van der Waals surface area contributed by atoms with Crippen LogP contribution in [0.25, 0.3) is 0 Å². The molecule has 0 aliphatic carbocycles. The third kappa shape index (κ3) is 5.56. The Kier molecular flexibility index (Phi) is 7.74. The highest BCUT2D eigenvalue weighted by atomic mass is 35.5. The average Bonchev–Trinajstić information content (AvgIpc) is 3.14. The topological polar surface area (TPSA) is 56.2 Å². The largest absolute Gasteiger partial charge is 0.459 e. The number of alkyl halides is 5. The second kappa shape index (κ2) is 10.4. The van der Waals surface area contributed by atoms with Gasteiger partial charge in [0, 0.05) is 38.3 Å². The predicted molar refractivity (Wildman–Crippen MR) is 134 cm³/mol. The van der Waals surface area contributed by atoms with Crippen LogP contribution in [0.1, 0.15) is 31.4 Å². The fourth-order valence-electron chi connectivity index (χ4n) is 4.52. The van der Waals surface area contributed by atoms with Crippen LogP contribution in [0.15, 0.2) is 53.6 Å². The van der Waals surface area contributed by atoms with Crippen molar-refractivity contribution >= 4 is 38.7 Å². The van der Waals surface area contributed by atoms with Crippen LogP contribution >= 0.6 is 11.6 Å². The standard InChI is InChI=1S/C24H26ClF5N4O2S/c1-2-37(35,36)33-12-6-11-32(13-14-33)18-8-5-7-17(15-18)21-16-22(23(26,27)24(28,29)30)31-34(21)20-10-4-3-9-19(20)25/h3-5,7-10,15,21H,2,6,11-14,16H2,1H3. The Morgan fingerprint density at radius 3 is 2.41 bits per heavy atom. The minimum absolute atomic E-state index is 0.00688. The van der Waals surface area contributed by atoms with E-state index in [0.29, 0.717) is 43.9 Å². The van der Waals surface area contributed by atoms with Gasteiger partial charge in [0.05, 0.1) is 22.5 Å². The lowest BCUT2D eigenvalue weighted by atomic mass is 9.98. The molecule has 1 saturated heterocycles. The zero-order chi connectivity index (χ0) is 27.0. The third-order valence-corrected chi connectivity index (χ3v) is 8.76. The summed E-state index contributed by atoms with van der Waals surface area (Å²) in [5.74, 6) is -5.09. The lowest BCUT2D eigenvalue weighted by Crippen LogP contribution is -2.43. The summed E-state index contributed by atoms with van der Waals surface area (Å²) in [6.07, 6.45) is -5.85. The predicted octanol–water partition coefficient (Wildman–Crippen LogP) is 5.71. The number of nitrogens with zero attached hydrogens (tertiary/aromatic N) is 4. The molecule has 1 atom stereocenters. The van der Waals surface area contributed by atoms with Gasteiger partial charge in [0.25, 0.3) is 0 Å². The van der Waals surface area contributed by atoms with E-state index in [1.54, 1.807) is 43.3 Å². The molecule has 1 fully saturated rings. The molecule has 0 saturated carbocycles. The van der Waals surface area contributed by atoms with Crippen molar-refractivity contribution in [2.45, 2.75) is 37.9 Å². The Balaban J connectivity index is 1.66. The maximum atomic E-state index is 14.3. The fourth-order valence-corrected chi connectivity index (χ4v) is 5.88. The van der Waals surface area contributed by atoms with Crippen LogP contribution < -0.4 is 9.91 Å². The Morgan fingerprint density at radius 2 is 1.73 bits per heavy atom. The molecule has 0 radical (unpaired) electrons. The number of halogens is 6. The fraction of sp³-hybridized carbons (Fsp3) is 0.458. The average molecular weight is 565 g/mol.